The molecule has 1 aromatic rings. The quantitative estimate of drug-likeness (QED) is 0.549. The molecule has 1 rings (SSSR count). The van der Waals surface area contributed by atoms with Gasteiger partial charge in [0.05, 0.1) is 20.0 Å². The van der Waals surface area contributed by atoms with Crippen molar-refractivity contribution in [2.45, 2.75) is 19.1 Å². The molecule has 1 aromatic carbocycles. The maximum atomic E-state index is 11.7. The van der Waals surface area contributed by atoms with Gasteiger partial charge in [-0.05, 0) is 5.56 Å². The van der Waals surface area contributed by atoms with Gasteiger partial charge in [0.15, 0.2) is 0 Å². The maximum Gasteiger partial charge on any atom is 0.408 e. The van der Waals surface area contributed by atoms with Crippen molar-refractivity contribution in [3.05, 3.63) is 35.9 Å². The first kappa shape index (κ1) is 18.9. The molecule has 0 aliphatic heterocycles. The van der Waals surface area contributed by atoms with Gasteiger partial charge in [0.2, 0.25) is 0 Å². The van der Waals surface area contributed by atoms with Crippen molar-refractivity contribution in [3.63, 3.8) is 0 Å². The lowest BCUT2D eigenvalue weighted by molar-refractivity contribution is -0.143. The fourth-order valence-electron chi connectivity index (χ4n) is 1.62. The van der Waals surface area contributed by atoms with Gasteiger partial charge in [0.25, 0.3) is 10.1 Å². The molecule has 0 saturated heterocycles. The minimum Gasteiger partial charge on any atom is -0.467 e. The number of benzene rings is 1. The normalized spacial score (nSPS) is 12.3. The highest BCUT2D eigenvalue weighted by Gasteiger charge is 2.22. The number of methoxy groups -OCH3 is 1. The number of ether oxygens (including phenoxy) is 2. The predicted molar refractivity (Wildman–Crippen MR) is 81.0 cm³/mol. The second-order valence-corrected chi connectivity index (χ2v) is 6.24. The lowest BCUT2D eigenvalue weighted by Gasteiger charge is -2.16. The van der Waals surface area contributed by atoms with E-state index in [1.807, 2.05) is 6.07 Å². The Bertz CT molecular complexity index is 615. The molecule has 8 nitrogen and oxygen atoms in total. The smallest absolute Gasteiger partial charge is 0.408 e. The van der Waals surface area contributed by atoms with Gasteiger partial charge >= 0.3 is 12.1 Å². The molecule has 0 heterocycles. The summed E-state index contributed by atoms with van der Waals surface area (Å²) >= 11 is 0. The summed E-state index contributed by atoms with van der Waals surface area (Å²) in [6.07, 6.45) is 0.00521. The van der Waals surface area contributed by atoms with E-state index < -0.39 is 28.2 Å². The van der Waals surface area contributed by atoms with Gasteiger partial charge in [0, 0.05) is 6.42 Å². The van der Waals surface area contributed by atoms with E-state index in [9.17, 15) is 18.0 Å². The van der Waals surface area contributed by atoms with E-state index in [1.165, 1.54) is 0 Å². The summed E-state index contributed by atoms with van der Waals surface area (Å²) in [5.74, 6) is -0.723. The Morgan fingerprint density at radius 1 is 1.22 bits per heavy atom. The fraction of sp³-hybridized carbons (Fsp3) is 0.429. The van der Waals surface area contributed by atoms with Crippen LogP contribution in [0.5, 0.6) is 0 Å². The van der Waals surface area contributed by atoms with E-state index in [0.717, 1.165) is 18.9 Å². The second kappa shape index (κ2) is 9.11. The summed E-state index contributed by atoms with van der Waals surface area (Å²) in [5, 5.41) is 2.31. The van der Waals surface area contributed by atoms with Crippen molar-refractivity contribution < 1.29 is 31.7 Å². The van der Waals surface area contributed by atoms with E-state index >= 15 is 0 Å². The molecule has 0 bridgehead atoms. The fourth-order valence-corrected chi connectivity index (χ4v) is 2.01. The number of esters is 1. The molecule has 0 radical (unpaired) electrons. The standard InChI is InChI=1S/C14H19NO7S/c1-20-13(16)12(8-9-22-23(2,18)19)15-14(17)21-10-11-6-4-3-5-7-11/h3-7,12H,8-10H2,1-2H3,(H,15,17). The summed E-state index contributed by atoms with van der Waals surface area (Å²) in [6.45, 7) is -0.224. The first-order valence-electron chi connectivity index (χ1n) is 6.71. The molecule has 0 spiro atoms. The van der Waals surface area contributed by atoms with Crippen LogP contribution in [0.2, 0.25) is 0 Å². The summed E-state index contributed by atoms with van der Waals surface area (Å²) in [6, 6.07) is 7.94. The molecule has 23 heavy (non-hydrogen) atoms. The van der Waals surface area contributed by atoms with E-state index in [0.29, 0.717) is 0 Å². The van der Waals surface area contributed by atoms with E-state index in [-0.39, 0.29) is 19.6 Å². The van der Waals surface area contributed by atoms with Crippen LogP contribution < -0.4 is 5.32 Å². The van der Waals surface area contributed by atoms with E-state index in [4.69, 9.17) is 4.74 Å². The van der Waals surface area contributed by atoms with Gasteiger partial charge in [-0.15, -0.1) is 0 Å². The van der Waals surface area contributed by atoms with Crippen molar-refractivity contribution in [2.75, 3.05) is 20.0 Å². The zero-order valence-electron chi connectivity index (χ0n) is 12.9. The number of hydrogen-bond acceptors (Lipinski definition) is 7. The number of alkyl carbamates (subject to hydrolysis) is 1. The average Bonchev–Trinajstić information content (AvgIpc) is 2.51. The zero-order chi connectivity index (χ0) is 17.3. The minimum atomic E-state index is -3.62. The van der Waals surface area contributed by atoms with E-state index in [1.54, 1.807) is 24.3 Å². The molecule has 0 aliphatic rings. The van der Waals surface area contributed by atoms with Crippen molar-refractivity contribution in [2.24, 2.45) is 0 Å². The monoisotopic (exact) mass is 345 g/mol. The molecular weight excluding hydrogens is 326 g/mol. The summed E-state index contributed by atoms with van der Waals surface area (Å²) in [5.41, 5.74) is 0.790. The first-order chi connectivity index (χ1) is 10.8. The van der Waals surface area contributed by atoms with Crippen LogP contribution in [-0.4, -0.2) is 46.5 Å². The molecule has 1 N–H and O–H groups in total. The lowest BCUT2D eigenvalue weighted by atomic mass is 10.2. The van der Waals surface area contributed by atoms with Gasteiger partial charge in [-0.2, -0.15) is 8.42 Å². The van der Waals surface area contributed by atoms with Crippen LogP contribution in [0.25, 0.3) is 0 Å². The number of hydrogen-bond donors (Lipinski definition) is 1. The van der Waals surface area contributed by atoms with E-state index in [2.05, 4.69) is 14.2 Å². The van der Waals surface area contributed by atoms with Gasteiger partial charge in [-0.25, -0.2) is 9.59 Å². The Balaban J connectivity index is 2.48. The summed E-state index contributed by atoms with van der Waals surface area (Å²) in [7, 11) is -2.47. The zero-order valence-corrected chi connectivity index (χ0v) is 13.7. The molecule has 0 aromatic heterocycles. The van der Waals surface area contributed by atoms with Crippen LogP contribution in [0.15, 0.2) is 30.3 Å². The summed E-state index contributed by atoms with van der Waals surface area (Å²) < 4.78 is 35.8. The van der Waals surface area contributed by atoms with Crippen LogP contribution in [0.3, 0.4) is 0 Å². The third-order valence-corrected chi connectivity index (χ3v) is 3.29. The summed E-state index contributed by atoms with van der Waals surface area (Å²) in [4.78, 5) is 23.3. The second-order valence-electron chi connectivity index (χ2n) is 4.60. The molecule has 1 amide bonds. The predicted octanol–water partition coefficient (Wildman–Crippen LogP) is 0.821. The third-order valence-electron chi connectivity index (χ3n) is 2.69. The van der Waals surface area contributed by atoms with Crippen molar-refractivity contribution >= 4 is 22.2 Å². The lowest BCUT2D eigenvalue weighted by Crippen LogP contribution is -2.42. The number of carbonyl (C=O) groups is 2. The maximum absolute atomic E-state index is 11.7. The highest BCUT2D eigenvalue weighted by molar-refractivity contribution is 7.85. The number of nitrogens with one attached hydrogen (secondary N) is 1. The number of carbonyl (C=O) groups excluding carboxylic acids is 2. The molecule has 128 valence electrons. The molecule has 0 aliphatic carbocycles. The Morgan fingerprint density at radius 2 is 1.87 bits per heavy atom. The van der Waals surface area contributed by atoms with Crippen molar-refractivity contribution in [3.8, 4) is 0 Å². The van der Waals surface area contributed by atoms with Crippen molar-refractivity contribution in [1.82, 2.24) is 5.32 Å². The number of amides is 1. The van der Waals surface area contributed by atoms with Gasteiger partial charge in [0.1, 0.15) is 12.6 Å². The molecule has 9 heteroatoms. The highest BCUT2D eigenvalue weighted by Crippen LogP contribution is 2.03. The number of rotatable bonds is 8. The van der Waals surface area contributed by atoms with Crippen LogP contribution in [0, 0.1) is 0 Å². The van der Waals surface area contributed by atoms with Crippen molar-refractivity contribution in [1.29, 1.82) is 0 Å². The Kier molecular flexibility index (Phi) is 7.49. The molecule has 1 unspecified atom stereocenters. The average molecular weight is 345 g/mol. The highest BCUT2D eigenvalue weighted by atomic mass is 32.2. The van der Waals surface area contributed by atoms with Gasteiger partial charge in [-0.3, -0.25) is 4.18 Å². The van der Waals surface area contributed by atoms with Crippen LogP contribution in [0.4, 0.5) is 4.79 Å². The van der Waals surface area contributed by atoms with Gasteiger partial charge < -0.3 is 14.8 Å². The third kappa shape index (κ3) is 8.17. The Morgan fingerprint density at radius 3 is 2.43 bits per heavy atom. The molecule has 0 fully saturated rings. The molecule has 0 saturated carbocycles. The largest absolute Gasteiger partial charge is 0.467 e. The van der Waals surface area contributed by atoms with Crippen LogP contribution >= 0.6 is 0 Å². The SMILES string of the molecule is COC(=O)C(CCOS(C)(=O)=O)NC(=O)OCc1ccccc1. The molecule has 1 atom stereocenters. The van der Waals surface area contributed by atoms with Crippen LogP contribution in [-0.2, 0) is 35.2 Å². The topological polar surface area (TPSA) is 108 Å². The van der Waals surface area contributed by atoms with Gasteiger partial charge in [-0.1, -0.05) is 30.3 Å². The Hall–Kier alpha value is -2.13. The van der Waals surface area contributed by atoms with Crippen LogP contribution in [0.1, 0.15) is 12.0 Å². The first-order valence-corrected chi connectivity index (χ1v) is 8.53. The minimum absolute atomic E-state index is 0.0421. The molecular formula is C14H19NO7S. The Labute approximate surface area is 134 Å².